The van der Waals surface area contributed by atoms with Crippen LogP contribution in [0.4, 0.5) is 8.78 Å². The number of hydrogen-bond acceptors (Lipinski definition) is 3. The van der Waals surface area contributed by atoms with Gasteiger partial charge in [-0.25, -0.2) is 8.78 Å². The quantitative estimate of drug-likeness (QED) is 0.603. The van der Waals surface area contributed by atoms with Crippen molar-refractivity contribution in [3.05, 3.63) is 0 Å². The fraction of sp³-hybridized carbons (Fsp3) is 0.875. The average molecular weight is 191 g/mol. The van der Waals surface area contributed by atoms with Crippen molar-refractivity contribution >= 4 is 5.78 Å². The Morgan fingerprint density at radius 3 is 2.69 bits per heavy atom. The molecule has 0 spiro atoms. The van der Waals surface area contributed by atoms with E-state index in [1.165, 1.54) is 0 Å². The fourth-order valence-corrected chi connectivity index (χ4v) is 1.88. The van der Waals surface area contributed by atoms with E-state index >= 15 is 0 Å². The molecule has 1 aliphatic carbocycles. The van der Waals surface area contributed by atoms with Crippen molar-refractivity contribution in [1.29, 1.82) is 0 Å². The minimum atomic E-state index is -2.66. The van der Waals surface area contributed by atoms with Crippen molar-refractivity contribution in [2.75, 3.05) is 13.1 Å². The number of halogens is 2. The molecule has 1 heterocycles. The van der Waals surface area contributed by atoms with Crippen molar-refractivity contribution in [2.45, 2.75) is 18.4 Å². The molecule has 3 nitrogen and oxygen atoms in total. The lowest BCUT2D eigenvalue weighted by Gasteiger charge is -2.27. The van der Waals surface area contributed by atoms with E-state index in [9.17, 15) is 18.7 Å². The Labute approximate surface area is 74.1 Å². The zero-order valence-corrected chi connectivity index (χ0v) is 6.96. The van der Waals surface area contributed by atoms with Crippen molar-refractivity contribution < 1.29 is 18.7 Å². The van der Waals surface area contributed by atoms with Gasteiger partial charge in [0.25, 0.3) is 5.92 Å². The molecule has 0 bridgehead atoms. The molecule has 0 aromatic heterocycles. The summed E-state index contributed by atoms with van der Waals surface area (Å²) in [5, 5.41) is 12.1. The van der Waals surface area contributed by atoms with Crippen LogP contribution in [-0.2, 0) is 4.79 Å². The summed E-state index contributed by atoms with van der Waals surface area (Å²) in [6.45, 7) is 0.406. The monoisotopic (exact) mass is 191 g/mol. The van der Waals surface area contributed by atoms with Crippen LogP contribution in [0.5, 0.6) is 0 Å². The molecule has 1 saturated heterocycles. The van der Waals surface area contributed by atoms with Crippen molar-refractivity contribution in [3.63, 3.8) is 0 Å². The lowest BCUT2D eigenvalue weighted by Crippen LogP contribution is -2.48. The third-order valence-electron chi connectivity index (χ3n) is 2.81. The van der Waals surface area contributed by atoms with Crippen LogP contribution in [0.25, 0.3) is 0 Å². The first-order chi connectivity index (χ1) is 6.02. The van der Waals surface area contributed by atoms with E-state index in [1.807, 2.05) is 0 Å². The van der Waals surface area contributed by atoms with E-state index < -0.39 is 23.9 Å². The van der Waals surface area contributed by atoms with E-state index in [4.69, 9.17) is 0 Å². The minimum Gasteiger partial charge on any atom is -0.385 e. The molecule has 5 heteroatoms. The Morgan fingerprint density at radius 2 is 2.15 bits per heavy atom. The van der Waals surface area contributed by atoms with Crippen molar-refractivity contribution in [2.24, 2.45) is 11.8 Å². The predicted octanol–water partition coefficient (Wildman–Crippen LogP) is -0.209. The first-order valence-corrected chi connectivity index (χ1v) is 4.32. The van der Waals surface area contributed by atoms with Crippen molar-refractivity contribution in [1.82, 2.24) is 5.32 Å². The predicted molar refractivity (Wildman–Crippen MR) is 40.4 cm³/mol. The van der Waals surface area contributed by atoms with Gasteiger partial charge in [0.2, 0.25) is 0 Å². The van der Waals surface area contributed by atoms with Gasteiger partial charge < -0.3 is 10.4 Å². The van der Waals surface area contributed by atoms with Crippen LogP contribution >= 0.6 is 0 Å². The number of alkyl halides is 2. The standard InChI is InChI=1S/C8H11F2NO2/c9-8(10)1-5(8)4-2-11-3-6(12)7(4)13/h4-5,7,11,13H,1-3H2/t4-,5?,7-/m1/s1. The molecule has 2 aliphatic rings. The summed E-state index contributed by atoms with van der Waals surface area (Å²) in [6, 6.07) is 0. The number of carbonyl (C=O) groups is 1. The van der Waals surface area contributed by atoms with Crippen LogP contribution in [0.1, 0.15) is 6.42 Å². The van der Waals surface area contributed by atoms with Gasteiger partial charge in [-0.2, -0.15) is 0 Å². The second kappa shape index (κ2) is 2.72. The average Bonchev–Trinajstić information content (AvgIpc) is 2.66. The first-order valence-electron chi connectivity index (χ1n) is 4.32. The Bertz CT molecular complexity index is 244. The third-order valence-corrected chi connectivity index (χ3v) is 2.81. The highest BCUT2D eigenvalue weighted by Gasteiger charge is 2.62. The van der Waals surface area contributed by atoms with E-state index in [2.05, 4.69) is 5.32 Å². The van der Waals surface area contributed by atoms with Crippen LogP contribution in [0.3, 0.4) is 0 Å². The Kier molecular flexibility index (Phi) is 1.89. The largest absolute Gasteiger partial charge is 0.385 e. The lowest BCUT2D eigenvalue weighted by atomic mass is 9.90. The Balaban J connectivity index is 2.03. The maximum atomic E-state index is 12.6. The van der Waals surface area contributed by atoms with Gasteiger partial charge in [0.1, 0.15) is 6.10 Å². The van der Waals surface area contributed by atoms with Gasteiger partial charge in [-0.05, 0) is 0 Å². The summed E-state index contributed by atoms with van der Waals surface area (Å²) in [7, 11) is 0. The lowest BCUT2D eigenvalue weighted by molar-refractivity contribution is -0.132. The molecule has 13 heavy (non-hydrogen) atoms. The second-order valence-electron chi connectivity index (χ2n) is 3.78. The number of piperidine rings is 1. The minimum absolute atomic E-state index is 0.0932. The molecule has 2 rings (SSSR count). The molecule has 0 radical (unpaired) electrons. The van der Waals surface area contributed by atoms with Crippen molar-refractivity contribution in [3.8, 4) is 0 Å². The molecule has 1 saturated carbocycles. The number of hydrogen-bond donors (Lipinski definition) is 2. The molecule has 0 aromatic carbocycles. The summed E-state index contributed by atoms with van der Waals surface area (Å²) >= 11 is 0. The third kappa shape index (κ3) is 1.46. The van der Waals surface area contributed by atoms with Crippen LogP contribution in [0.2, 0.25) is 0 Å². The van der Waals surface area contributed by atoms with Gasteiger partial charge in [0, 0.05) is 24.8 Å². The maximum absolute atomic E-state index is 12.6. The van der Waals surface area contributed by atoms with Gasteiger partial charge in [-0.15, -0.1) is 0 Å². The zero-order chi connectivity index (χ0) is 9.64. The van der Waals surface area contributed by atoms with Crippen LogP contribution < -0.4 is 5.32 Å². The number of ketones is 1. The first kappa shape index (κ1) is 9.02. The van der Waals surface area contributed by atoms with Crippen LogP contribution in [0, 0.1) is 11.8 Å². The zero-order valence-electron chi connectivity index (χ0n) is 6.96. The number of carbonyl (C=O) groups excluding carboxylic acids is 1. The highest BCUT2D eigenvalue weighted by atomic mass is 19.3. The highest BCUT2D eigenvalue weighted by Crippen LogP contribution is 2.53. The topological polar surface area (TPSA) is 49.3 Å². The number of rotatable bonds is 1. The van der Waals surface area contributed by atoms with Gasteiger partial charge >= 0.3 is 0 Å². The number of Topliss-reactive ketones (excluding diaryl/α,β-unsaturated/α-hetero) is 1. The molecule has 1 aliphatic heterocycles. The van der Waals surface area contributed by atoms with Gasteiger partial charge in [-0.3, -0.25) is 4.79 Å². The molecule has 2 N–H and O–H groups in total. The SMILES string of the molecule is O=C1CNC[C@H](C2CC2(F)F)[C@H]1O. The number of aliphatic hydroxyl groups excluding tert-OH is 1. The van der Waals surface area contributed by atoms with E-state index in [-0.39, 0.29) is 18.7 Å². The summed E-state index contributed by atoms with van der Waals surface area (Å²) in [5.74, 6) is -4.44. The molecule has 0 amide bonds. The van der Waals surface area contributed by atoms with E-state index in [0.717, 1.165) is 0 Å². The number of nitrogens with one attached hydrogen (secondary N) is 1. The smallest absolute Gasteiger partial charge is 0.252 e. The summed E-state index contributed by atoms with van der Waals surface area (Å²) in [6.07, 6.45) is -1.39. The Hall–Kier alpha value is -0.550. The molecule has 0 aromatic rings. The molecular formula is C8H11F2NO2. The molecule has 2 fully saturated rings. The molecule has 3 atom stereocenters. The van der Waals surface area contributed by atoms with E-state index in [1.54, 1.807) is 0 Å². The molecule has 74 valence electrons. The second-order valence-corrected chi connectivity index (χ2v) is 3.78. The Morgan fingerprint density at radius 1 is 1.54 bits per heavy atom. The van der Waals surface area contributed by atoms with Gasteiger partial charge in [0.05, 0.1) is 6.54 Å². The van der Waals surface area contributed by atoms with Crippen LogP contribution in [-0.4, -0.2) is 36.0 Å². The fourth-order valence-electron chi connectivity index (χ4n) is 1.88. The summed E-state index contributed by atoms with van der Waals surface area (Å²) in [5.41, 5.74) is 0. The highest BCUT2D eigenvalue weighted by molar-refractivity contribution is 5.85. The summed E-state index contributed by atoms with van der Waals surface area (Å²) in [4.78, 5) is 11.0. The maximum Gasteiger partial charge on any atom is 0.252 e. The number of aliphatic hydroxyl groups is 1. The van der Waals surface area contributed by atoms with Crippen LogP contribution in [0.15, 0.2) is 0 Å². The normalized spacial score (nSPS) is 43.3. The van der Waals surface area contributed by atoms with E-state index in [0.29, 0.717) is 6.54 Å². The van der Waals surface area contributed by atoms with Gasteiger partial charge in [0.15, 0.2) is 5.78 Å². The van der Waals surface area contributed by atoms with Gasteiger partial charge in [-0.1, -0.05) is 0 Å². The summed E-state index contributed by atoms with van der Waals surface area (Å²) < 4.78 is 25.3. The molecular weight excluding hydrogens is 180 g/mol. The molecule has 1 unspecified atom stereocenters.